The fourth-order valence-corrected chi connectivity index (χ4v) is 4.60. The van der Waals surface area contributed by atoms with E-state index in [1.54, 1.807) is 32.0 Å². The molecule has 1 aromatic carbocycles. The molecule has 4 N–H and O–H groups in total. The number of nitrogens with zero attached hydrogens (tertiary/aromatic N) is 1. The Morgan fingerprint density at radius 1 is 1.36 bits per heavy atom. The molecule has 2 heterocycles. The van der Waals surface area contributed by atoms with Crippen molar-refractivity contribution in [3.63, 3.8) is 0 Å². The van der Waals surface area contributed by atoms with Crippen LogP contribution in [0.5, 0.6) is 5.75 Å². The van der Waals surface area contributed by atoms with Crippen molar-refractivity contribution >= 4 is 13.7 Å². The Morgan fingerprint density at radius 2 is 2.03 bits per heavy atom. The highest BCUT2D eigenvalue weighted by molar-refractivity contribution is 7.52. The zero-order chi connectivity index (χ0) is 29.3. The number of esters is 1. The largest absolute Gasteiger partial charge is 0.462 e. The van der Waals surface area contributed by atoms with Crippen molar-refractivity contribution in [3.05, 3.63) is 63.4 Å². The van der Waals surface area contributed by atoms with Gasteiger partial charge in [-0.1, -0.05) is 18.2 Å². The van der Waals surface area contributed by atoms with Gasteiger partial charge in [0, 0.05) is 12.2 Å². The standard InChI is InChI=1S/C22H30N3O10P/c1-13(2)33-19(28)14(3)24-36(31,35-15-8-6-5-7-9-15)32-12-16-18(27)22(4,30)20(34-16)25-11-10-17(26)23-21(25)29/h5-11,13-14,16,18,20,27,30H,12H2,1-4H3,(H,24,31)(H,23,26,29)/t14?,16-,18-,20-,22-,36+/m1/s1/i10D,12D2. The Bertz CT molecular complexity index is 1350. The van der Waals surface area contributed by atoms with Gasteiger partial charge in [-0.25, -0.2) is 9.36 Å². The summed E-state index contributed by atoms with van der Waals surface area (Å²) in [6.07, 6.45) is -5.73. The predicted molar refractivity (Wildman–Crippen MR) is 126 cm³/mol. The van der Waals surface area contributed by atoms with Crippen LogP contribution in [0.25, 0.3) is 0 Å². The van der Waals surface area contributed by atoms with Crippen LogP contribution in [0.3, 0.4) is 0 Å². The molecule has 14 heteroatoms. The molecule has 3 rings (SSSR count). The summed E-state index contributed by atoms with van der Waals surface area (Å²) in [5, 5.41) is 24.0. The molecule has 0 radical (unpaired) electrons. The molecule has 13 nitrogen and oxygen atoms in total. The second-order valence-corrected chi connectivity index (χ2v) is 10.1. The molecule has 0 bridgehead atoms. The normalized spacial score (nSPS) is 28.0. The van der Waals surface area contributed by atoms with Gasteiger partial charge in [0.25, 0.3) is 5.56 Å². The summed E-state index contributed by atoms with van der Waals surface area (Å²) >= 11 is 0. The maximum Gasteiger partial charge on any atom is 0.459 e. The number of carbonyl (C=O) groups is 1. The average molecular weight is 530 g/mol. The van der Waals surface area contributed by atoms with E-state index >= 15 is 0 Å². The maximum atomic E-state index is 13.8. The molecule has 0 spiro atoms. The van der Waals surface area contributed by atoms with Gasteiger partial charge in [0.05, 0.1) is 16.8 Å². The zero-order valence-corrected chi connectivity index (χ0v) is 20.8. The molecule has 0 aliphatic carbocycles. The van der Waals surface area contributed by atoms with Crippen LogP contribution in [0.1, 0.15) is 38.0 Å². The van der Waals surface area contributed by atoms with E-state index in [4.69, 9.17) is 22.6 Å². The Morgan fingerprint density at radius 3 is 2.67 bits per heavy atom. The summed E-state index contributed by atoms with van der Waals surface area (Å²) in [5.41, 5.74) is -4.48. The van der Waals surface area contributed by atoms with Crippen molar-refractivity contribution in [1.29, 1.82) is 0 Å². The van der Waals surface area contributed by atoms with E-state index in [1.165, 1.54) is 19.1 Å². The van der Waals surface area contributed by atoms with Gasteiger partial charge in [-0.2, -0.15) is 5.09 Å². The van der Waals surface area contributed by atoms with Gasteiger partial charge < -0.3 is 24.2 Å². The summed E-state index contributed by atoms with van der Waals surface area (Å²) in [6.45, 7) is 2.32. The number of carbonyl (C=O) groups excluding carboxylic acids is 1. The molecule has 1 unspecified atom stereocenters. The topological polar surface area (TPSA) is 178 Å². The third-order valence-corrected chi connectivity index (χ3v) is 6.52. The third kappa shape index (κ3) is 6.49. The van der Waals surface area contributed by atoms with Crippen LogP contribution in [0.15, 0.2) is 52.2 Å². The molecule has 2 aromatic rings. The van der Waals surface area contributed by atoms with Gasteiger partial charge >= 0.3 is 19.4 Å². The summed E-state index contributed by atoms with van der Waals surface area (Å²) < 4.78 is 60.2. The highest BCUT2D eigenvalue weighted by Crippen LogP contribution is 2.46. The molecule has 1 aliphatic rings. The number of nitrogens with one attached hydrogen (secondary N) is 2. The first-order chi connectivity index (χ1) is 18.0. The second-order valence-electron chi connectivity index (χ2n) is 8.47. The lowest BCUT2D eigenvalue weighted by Crippen LogP contribution is -2.47. The third-order valence-electron chi connectivity index (χ3n) is 5.02. The van der Waals surface area contributed by atoms with Crippen LogP contribution in [-0.4, -0.2) is 62.2 Å². The van der Waals surface area contributed by atoms with Crippen molar-refractivity contribution in [2.24, 2.45) is 0 Å². The van der Waals surface area contributed by atoms with Crippen molar-refractivity contribution in [3.8, 4) is 5.75 Å². The summed E-state index contributed by atoms with van der Waals surface area (Å²) in [4.78, 5) is 38.1. The number of para-hydroxylation sites is 1. The van der Waals surface area contributed by atoms with Gasteiger partial charge in [-0.05, 0) is 39.8 Å². The van der Waals surface area contributed by atoms with Crippen molar-refractivity contribution in [1.82, 2.24) is 14.6 Å². The Hall–Kier alpha value is -2.80. The number of hydrogen-bond donors (Lipinski definition) is 4. The molecular weight excluding hydrogens is 497 g/mol. The number of benzene rings is 1. The van der Waals surface area contributed by atoms with Gasteiger partial charge in [0.2, 0.25) is 0 Å². The quantitative estimate of drug-likeness (QED) is 0.251. The molecule has 0 amide bonds. The highest BCUT2D eigenvalue weighted by atomic mass is 31.2. The van der Waals surface area contributed by atoms with Gasteiger partial charge in [-0.15, -0.1) is 0 Å². The number of aliphatic hydroxyl groups is 2. The van der Waals surface area contributed by atoms with E-state index in [0.29, 0.717) is 4.57 Å². The highest BCUT2D eigenvalue weighted by Gasteiger charge is 2.54. The van der Waals surface area contributed by atoms with Gasteiger partial charge in [0.15, 0.2) is 6.23 Å². The number of aliphatic hydroxyl groups excluding tert-OH is 1. The van der Waals surface area contributed by atoms with E-state index in [-0.39, 0.29) is 5.75 Å². The minimum absolute atomic E-state index is 0.0194. The number of ether oxygens (including phenoxy) is 2. The lowest BCUT2D eigenvalue weighted by atomic mass is 9.96. The van der Waals surface area contributed by atoms with Crippen LogP contribution in [0.4, 0.5) is 0 Å². The molecule has 6 atom stereocenters. The Balaban J connectivity index is 1.94. The summed E-state index contributed by atoms with van der Waals surface area (Å²) in [6, 6.07) is 5.54. The van der Waals surface area contributed by atoms with Crippen molar-refractivity contribution in [2.45, 2.75) is 63.9 Å². The molecule has 1 aromatic heterocycles. The van der Waals surface area contributed by atoms with Crippen LogP contribution in [-0.2, 0) is 23.4 Å². The van der Waals surface area contributed by atoms with E-state index in [2.05, 4.69) is 5.09 Å². The average Bonchev–Trinajstić information content (AvgIpc) is 3.05. The Kier molecular flexibility index (Phi) is 7.26. The monoisotopic (exact) mass is 530 g/mol. The molecule has 1 fully saturated rings. The van der Waals surface area contributed by atoms with Crippen LogP contribution >= 0.6 is 7.75 Å². The van der Waals surface area contributed by atoms with Gasteiger partial charge in [-0.3, -0.25) is 23.7 Å². The first kappa shape index (κ1) is 23.6. The summed E-state index contributed by atoms with van der Waals surface area (Å²) in [7, 11) is -4.80. The number of hydrogen-bond acceptors (Lipinski definition) is 10. The lowest BCUT2D eigenvalue weighted by Gasteiger charge is -2.27. The van der Waals surface area contributed by atoms with Crippen molar-refractivity contribution < 1.29 is 42.2 Å². The number of rotatable bonds is 10. The van der Waals surface area contributed by atoms with E-state index in [0.717, 1.165) is 13.1 Å². The first-order valence-electron chi connectivity index (χ1n) is 12.4. The Labute approximate surface area is 210 Å². The number of aromatic amines is 1. The smallest absolute Gasteiger partial charge is 0.459 e. The molecule has 198 valence electrons. The van der Waals surface area contributed by atoms with E-state index < -0.39 is 73.7 Å². The zero-order valence-electron chi connectivity index (χ0n) is 22.9. The first-order valence-corrected chi connectivity index (χ1v) is 12.4. The van der Waals surface area contributed by atoms with E-state index in [9.17, 15) is 29.2 Å². The van der Waals surface area contributed by atoms with Crippen LogP contribution in [0, 0.1) is 0 Å². The minimum Gasteiger partial charge on any atom is -0.462 e. The van der Waals surface area contributed by atoms with Gasteiger partial charge in [0.1, 0.15) is 29.6 Å². The number of H-pyrrole nitrogens is 1. The number of aromatic nitrogens is 2. The fourth-order valence-electron chi connectivity index (χ4n) is 3.24. The minimum atomic E-state index is -4.80. The molecule has 1 aliphatic heterocycles. The maximum absolute atomic E-state index is 13.8. The molecule has 36 heavy (non-hydrogen) atoms. The lowest BCUT2D eigenvalue weighted by molar-refractivity contribution is -0.149. The molecule has 1 saturated heterocycles. The van der Waals surface area contributed by atoms with Crippen LogP contribution < -0.4 is 20.9 Å². The second kappa shape index (κ2) is 11.1. The predicted octanol–water partition coefficient (Wildman–Crippen LogP) is 0.679. The molecular formula is C22H30N3O10P. The summed E-state index contributed by atoms with van der Waals surface area (Å²) in [5.74, 6) is -0.857. The SMILES string of the molecule is [2H]c1cn([C@@H]2O[C@H](C([2H])([2H])O[P@@](=O)(NC(C)C(=O)OC(C)C)Oc3ccccc3)[C@@H](O)[C@@]2(C)O)c(=O)[nH]c1=O. The van der Waals surface area contributed by atoms with Crippen LogP contribution in [0.2, 0.25) is 0 Å². The molecule has 0 saturated carbocycles. The van der Waals surface area contributed by atoms with E-state index in [1.807, 2.05) is 4.98 Å². The van der Waals surface area contributed by atoms with Crippen molar-refractivity contribution in [2.75, 3.05) is 6.56 Å². The fraction of sp³-hybridized carbons (Fsp3) is 0.500.